The lowest BCUT2D eigenvalue weighted by Gasteiger charge is -2.41. The van der Waals surface area contributed by atoms with Gasteiger partial charge in [-0.25, -0.2) is 0 Å². The number of aliphatic hydroxyl groups excluding tert-OH is 1. The Balaban J connectivity index is 0.000000765. The first-order valence-electron chi connectivity index (χ1n) is 9.62. The highest BCUT2D eigenvalue weighted by Gasteiger charge is 2.48. The van der Waals surface area contributed by atoms with Gasteiger partial charge in [0.15, 0.2) is 0 Å². The SMILES string of the molecule is CC(C)O.CCC1CCC(Nc2ccc(C(C)C)cc2)(P(=O)(O)O)CC1. The predicted molar refractivity (Wildman–Crippen MR) is 109 cm³/mol. The van der Waals surface area contributed by atoms with E-state index in [4.69, 9.17) is 5.11 Å². The average molecular weight is 385 g/mol. The van der Waals surface area contributed by atoms with Gasteiger partial charge in [0.25, 0.3) is 0 Å². The van der Waals surface area contributed by atoms with Crippen molar-refractivity contribution in [3.8, 4) is 0 Å². The number of anilines is 1. The van der Waals surface area contributed by atoms with Crippen molar-refractivity contribution in [3.63, 3.8) is 0 Å². The molecule has 0 amide bonds. The van der Waals surface area contributed by atoms with Gasteiger partial charge in [-0.1, -0.05) is 39.3 Å². The van der Waals surface area contributed by atoms with Gasteiger partial charge in [0.2, 0.25) is 0 Å². The van der Waals surface area contributed by atoms with Gasteiger partial charge >= 0.3 is 7.60 Å². The lowest BCUT2D eigenvalue weighted by Crippen LogP contribution is -2.41. The summed E-state index contributed by atoms with van der Waals surface area (Å²) in [5.74, 6) is 1.04. The van der Waals surface area contributed by atoms with E-state index in [2.05, 4.69) is 26.1 Å². The first-order chi connectivity index (χ1) is 12.0. The van der Waals surface area contributed by atoms with E-state index in [0.29, 0.717) is 24.7 Å². The molecule has 0 saturated heterocycles. The van der Waals surface area contributed by atoms with Crippen molar-refractivity contribution in [2.24, 2.45) is 5.92 Å². The Labute approximate surface area is 158 Å². The van der Waals surface area contributed by atoms with Crippen molar-refractivity contribution in [1.82, 2.24) is 0 Å². The van der Waals surface area contributed by atoms with Crippen LogP contribution < -0.4 is 5.32 Å². The summed E-state index contributed by atoms with van der Waals surface area (Å²) in [6, 6.07) is 7.91. The van der Waals surface area contributed by atoms with E-state index in [1.54, 1.807) is 13.8 Å². The number of benzene rings is 1. The topological polar surface area (TPSA) is 89.8 Å². The van der Waals surface area contributed by atoms with E-state index >= 15 is 0 Å². The predicted octanol–water partition coefficient (Wildman–Crippen LogP) is 5.08. The van der Waals surface area contributed by atoms with Crippen LogP contribution in [0, 0.1) is 5.92 Å². The van der Waals surface area contributed by atoms with E-state index in [-0.39, 0.29) is 6.10 Å². The summed E-state index contributed by atoms with van der Waals surface area (Å²) in [7, 11) is -4.22. The van der Waals surface area contributed by atoms with Crippen molar-refractivity contribution >= 4 is 13.3 Å². The summed E-state index contributed by atoms with van der Waals surface area (Å²) < 4.78 is 12.1. The fourth-order valence-corrected chi connectivity index (χ4v) is 4.39. The molecule has 0 atom stereocenters. The van der Waals surface area contributed by atoms with Crippen LogP contribution in [-0.4, -0.2) is 26.3 Å². The van der Waals surface area contributed by atoms with Crippen LogP contribution in [0.25, 0.3) is 0 Å². The van der Waals surface area contributed by atoms with E-state index in [9.17, 15) is 14.4 Å². The highest BCUT2D eigenvalue weighted by molar-refractivity contribution is 7.53. The molecule has 6 heteroatoms. The maximum Gasteiger partial charge on any atom is 0.350 e. The Kier molecular flexibility index (Phi) is 8.81. The second-order valence-electron chi connectivity index (χ2n) is 7.92. The van der Waals surface area contributed by atoms with Crippen LogP contribution in [0.3, 0.4) is 0 Å². The molecule has 1 aromatic rings. The molecule has 0 bridgehead atoms. The summed E-state index contributed by atoms with van der Waals surface area (Å²) >= 11 is 0. The lowest BCUT2D eigenvalue weighted by atomic mass is 9.84. The average Bonchev–Trinajstić information content (AvgIpc) is 2.54. The van der Waals surface area contributed by atoms with Gasteiger partial charge in [-0.05, 0) is 69.1 Å². The third-order valence-corrected chi connectivity index (χ3v) is 6.70. The molecule has 0 aromatic heterocycles. The molecule has 1 fully saturated rings. The van der Waals surface area contributed by atoms with Crippen LogP contribution in [-0.2, 0) is 4.57 Å². The zero-order valence-electron chi connectivity index (χ0n) is 16.8. The van der Waals surface area contributed by atoms with Gasteiger partial charge in [0, 0.05) is 11.8 Å². The quantitative estimate of drug-likeness (QED) is 0.531. The zero-order valence-corrected chi connectivity index (χ0v) is 17.7. The normalized spacial score (nSPS) is 23.5. The minimum Gasteiger partial charge on any atom is -0.394 e. The molecule has 2 rings (SSSR count). The van der Waals surface area contributed by atoms with Crippen LogP contribution in [0.1, 0.15) is 78.2 Å². The van der Waals surface area contributed by atoms with Gasteiger partial charge in [0.1, 0.15) is 5.28 Å². The van der Waals surface area contributed by atoms with E-state index in [0.717, 1.165) is 24.9 Å². The zero-order chi connectivity index (χ0) is 20.0. The molecule has 0 spiro atoms. The monoisotopic (exact) mass is 385 g/mol. The molecule has 0 unspecified atom stereocenters. The van der Waals surface area contributed by atoms with Gasteiger partial charge in [-0.2, -0.15) is 0 Å². The Morgan fingerprint density at radius 3 is 1.92 bits per heavy atom. The van der Waals surface area contributed by atoms with Crippen LogP contribution in [0.4, 0.5) is 5.69 Å². The first kappa shape index (κ1) is 23.2. The second kappa shape index (κ2) is 9.89. The number of hydrogen-bond donors (Lipinski definition) is 4. The van der Waals surface area contributed by atoms with Gasteiger partial charge in [-0.15, -0.1) is 0 Å². The van der Waals surface area contributed by atoms with Crippen molar-refractivity contribution < 1.29 is 19.5 Å². The fraction of sp³-hybridized carbons (Fsp3) is 0.700. The first-order valence-corrected chi connectivity index (χ1v) is 11.2. The maximum atomic E-state index is 12.1. The van der Waals surface area contributed by atoms with Gasteiger partial charge in [-0.3, -0.25) is 4.57 Å². The molecule has 26 heavy (non-hydrogen) atoms. The van der Waals surface area contributed by atoms with Crippen molar-refractivity contribution in [3.05, 3.63) is 29.8 Å². The maximum absolute atomic E-state index is 12.1. The summed E-state index contributed by atoms with van der Waals surface area (Å²) in [6.07, 6.45) is 3.72. The summed E-state index contributed by atoms with van der Waals surface area (Å²) in [4.78, 5) is 19.8. The molecule has 0 heterocycles. The molecule has 0 radical (unpaired) electrons. The summed E-state index contributed by atoms with van der Waals surface area (Å²) in [5.41, 5.74) is 2.02. The Morgan fingerprint density at radius 2 is 1.58 bits per heavy atom. The van der Waals surface area contributed by atoms with Crippen LogP contribution in [0.2, 0.25) is 0 Å². The highest BCUT2D eigenvalue weighted by atomic mass is 31.2. The summed E-state index contributed by atoms with van der Waals surface area (Å²) in [6.45, 7) is 9.85. The molecule has 5 nitrogen and oxygen atoms in total. The molecule has 1 saturated carbocycles. The molecule has 150 valence electrons. The third-order valence-electron chi connectivity index (χ3n) is 5.02. The molecule has 1 aromatic carbocycles. The summed E-state index contributed by atoms with van der Waals surface area (Å²) in [5, 5.41) is 10.1. The van der Waals surface area contributed by atoms with E-state index in [1.165, 1.54) is 5.56 Å². The second-order valence-corrected chi connectivity index (χ2v) is 9.87. The highest BCUT2D eigenvalue weighted by Crippen LogP contribution is 2.58. The lowest BCUT2D eigenvalue weighted by molar-refractivity contribution is 0.216. The molecule has 4 N–H and O–H groups in total. The Hall–Kier alpha value is -0.870. The number of aliphatic hydroxyl groups is 1. The largest absolute Gasteiger partial charge is 0.394 e. The van der Waals surface area contributed by atoms with Crippen molar-refractivity contribution in [2.45, 2.75) is 84.0 Å². The molecule has 0 aliphatic heterocycles. The van der Waals surface area contributed by atoms with Crippen molar-refractivity contribution in [1.29, 1.82) is 0 Å². The number of rotatable bonds is 5. The van der Waals surface area contributed by atoms with E-state index in [1.807, 2.05) is 24.3 Å². The molecular formula is C20H36NO4P. The number of hydrogen-bond acceptors (Lipinski definition) is 3. The standard InChI is InChI=1S/C17H28NO3P.C3H8O/c1-4-14-9-11-17(12-10-14,22(19,20)21)18-16-7-5-15(6-8-16)13(2)3;1-3(2)4/h5-8,13-14,18H,4,9-12H2,1-3H3,(H2,19,20,21);3-4H,1-2H3. The van der Waals surface area contributed by atoms with Crippen molar-refractivity contribution in [2.75, 3.05) is 5.32 Å². The Bertz CT molecular complexity index is 569. The van der Waals surface area contributed by atoms with Gasteiger partial charge in [0.05, 0.1) is 0 Å². The third kappa shape index (κ3) is 6.70. The molecule has 1 aliphatic carbocycles. The van der Waals surface area contributed by atoms with Crippen LogP contribution >= 0.6 is 7.60 Å². The van der Waals surface area contributed by atoms with Crippen LogP contribution in [0.5, 0.6) is 0 Å². The Morgan fingerprint density at radius 1 is 1.12 bits per heavy atom. The van der Waals surface area contributed by atoms with E-state index < -0.39 is 12.9 Å². The number of nitrogens with one attached hydrogen (secondary N) is 1. The minimum atomic E-state index is -4.22. The smallest absolute Gasteiger partial charge is 0.350 e. The minimum absolute atomic E-state index is 0.167. The van der Waals surface area contributed by atoms with Crippen LogP contribution in [0.15, 0.2) is 24.3 Å². The fourth-order valence-electron chi connectivity index (χ4n) is 3.27. The molecule has 1 aliphatic rings. The van der Waals surface area contributed by atoms with Gasteiger partial charge < -0.3 is 20.2 Å². The molecular weight excluding hydrogens is 349 g/mol.